The quantitative estimate of drug-likeness (QED) is 0.789. The third-order valence-corrected chi connectivity index (χ3v) is 4.20. The largest absolute Gasteiger partial charge is 0.484 e. The summed E-state index contributed by atoms with van der Waals surface area (Å²) < 4.78 is 18.2. The van der Waals surface area contributed by atoms with Gasteiger partial charge < -0.3 is 15.4 Å². The monoisotopic (exact) mass is 356 g/mol. The van der Waals surface area contributed by atoms with Crippen LogP contribution in [0.3, 0.4) is 0 Å². The summed E-state index contributed by atoms with van der Waals surface area (Å²) in [7, 11) is 0. The fourth-order valence-corrected chi connectivity index (χ4v) is 2.80. The van der Waals surface area contributed by atoms with Gasteiger partial charge in [0, 0.05) is 25.1 Å². The highest BCUT2D eigenvalue weighted by atomic mass is 35.5. The molecule has 0 saturated heterocycles. The van der Waals surface area contributed by atoms with Crippen molar-refractivity contribution >= 4 is 23.4 Å². The normalized spacial score (nSPS) is 14.9. The van der Waals surface area contributed by atoms with E-state index in [1.807, 2.05) is 0 Å². The first kappa shape index (κ1) is 18.5. The summed E-state index contributed by atoms with van der Waals surface area (Å²) >= 11 is 5.63. The summed E-state index contributed by atoms with van der Waals surface area (Å²) in [5.41, 5.74) is 0. The zero-order valence-corrected chi connectivity index (χ0v) is 14.2. The second-order valence-corrected chi connectivity index (χ2v) is 6.27. The van der Waals surface area contributed by atoms with Crippen LogP contribution in [0.4, 0.5) is 4.39 Å². The van der Waals surface area contributed by atoms with Gasteiger partial charge in [-0.15, -0.1) is 0 Å². The maximum absolute atomic E-state index is 13.0. The van der Waals surface area contributed by atoms with Crippen molar-refractivity contribution in [2.45, 2.75) is 44.6 Å². The highest BCUT2D eigenvalue weighted by Crippen LogP contribution is 2.21. The summed E-state index contributed by atoms with van der Waals surface area (Å²) in [6.07, 6.45) is 5.86. The molecule has 24 heavy (non-hydrogen) atoms. The van der Waals surface area contributed by atoms with Gasteiger partial charge >= 0.3 is 0 Å². The van der Waals surface area contributed by atoms with Crippen molar-refractivity contribution in [1.29, 1.82) is 0 Å². The van der Waals surface area contributed by atoms with Crippen LogP contribution in [0.2, 0.25) is 5.02 Å². The van der Waals surface area contributed by atoms with Crippen LogP contribution >= 0.6 is 11.6 Å². The van der Waals surface area contributed by atoms with Crippen molar-refractivity contribution in [3.63, 3.8) is 0 Å². The Balaban J connectivity index is 1.60. The Hall–Kier alpha value is -1.82. The number of carbonyl (C=O) groups is 2. The standard InChI is InChI=1S/C17H22ClFN2O3/c18-14-10-13(6-7-15(14)19)24-11-17(23)20-9-8-16(22)21-12-4-2-1-3-5-12/h6-7,10,12H,1-5,8-9,11H2,(H,20,23)(H,21,22). The zero-order chi connectivity index (χ0) is 17.4. The Labute approximate surface area is 145 Å². The number of nitrogens with one attached hydrogen (secondary N) is 2. The highest BCUT2D eigenvalue weighted by molar-refractivity contribution is 6.30. The number of ether oxygens (including phenoxy) is 1. The summed E-state index contributed by atoms with van der Waals surface area (Å²) in [5.74, 6) is -0.626. The van der Waals surface area contributed by atoms with Crippen molar-refractivity contribution in [3.05, 3.63) is 29.0 Å². The summed E-state index contributed by atoms with van der Waals surface area (Å²) in [5, 5.41) is 5.54. The Morgan fingerprint density at radius 1 is 1.21 bits per heavy atom. The number of halogens is 2. The predicted octanol–water partition coefficient (Wildman–Crippen LogP) is 2.81. The zero-order valence-electron chi connectivity index (χ0n) is 13.4. The van der Waals surface area contributed by atoms with Gasteiger partial charge in [-0.25, -0.2) is 4.39 Å². The molecular formula is C17H22ClFN2O3. The van der Waals surface area contributed by atoms with Gasteiger partial charge in [-0.1, -0.05) is 30.9 Å². The van der Waals surface area contributed by atoms with E-state index in [0.717, 1.165) is 25.7 Å². The molecule has 1 aliphatic rings. The fraction of sp³-hybridized carbons (Fsp3) is 0.529. The molecule has 5 nitrogen and oxygen atoms in total. The predicted molar refractivity (Wildman–Crippen MR) is 89.5 cm³/mol. The number of hydrogen-bond acceptors (Lipinski definition) is 3. The average Bonchev–Trinajstić information content (AvgIpc) is 2.57. The smallest absolute Gasteiger partial charge is 0.257 e. The van der Waals surface area contributed by atoms with Crippen molar-refractivity contribution in [2.24, 2.45) is 0 Å². The van der Waals surface area contributed by atoms with E-state index in [9.17, 15) is 14.0 Å². The molecule has 2 N–H and O–H groups in total. The molecule has 0 radical (unpaired) electrons. The summed E-state index contributed by atoms with van der Waals surface area (Å²) in [4.78, 5) is 23.5. The molecule has 1 aromatic rings. The van der Waals surface area contributed by atoms with Gasteiger partial charge in [0.1, 0.15) is 11.6 Å². The van der Waals surface area contributed by atoms with E-state index in [1.54, 1.807) is 0 Å². The van der Waals surface area contributed by atoms with Crippen LogP contribution in [0.15, 0.2) is 18.2 Å². The lowest BCUT2D eigenvalue weighted by Crippen LogP contribution is -2.38. The lowest BCUT2D eigenvalue weighted by molar-refractivity contribution is -0.123. The molecule has 0 bridgehead atoms. The highest BCUT2D eigenvalue weighted by Gasteiger charge is 2.15. The van der Waals surface area contributed by atoms with E-state index < -0.39 is 5.82 Å². The molecule has 2 rings (SSSR count). The van der Waals surface area contributed by atoms with Crippen LogP contribution in [-0.4, -0.2) is 31.0 Å². The molecular weight excluding hydrogens is 335 g/mol. The summed E-state index contributed by atoms with van der Waals surface area (Å²) in [6.45, 7) is 0.0388. The van der Waals surface area contributed by atoms with Crippen molar-refractivity contribution in [1.82, 2.24) is 10.6 Å². The number of hydrogen-bond donors (Lipinski definition) is 2. The molecule has 1 aliphatic carbocycles. The molecule has 0 aliphatic heterocycles. The van der Waals surface area contributed by atoms with Gasteiger partial charge in [0.15, 0.2) is 6.61 Å². The van der Waals surface area contributed by atoms with Gasteiger partial charge in [0.05, 0.1) is 5.02 Å². The van der Waals surface area contributed by atoms with Crippen LogP contribution in [0.5, 0.6) is 5.75 Å². The molecule has 0 heterocycles. The number of carbonyl (C=O) groups excluding carboxylic acids is 2. The van der Waals surface area contributed by atoms with Crippen LogP contribution in [-0.2, 0) is 9.59 Å². The lowest BCUT2D eigenvalue weighted by Gasteiger charge is -2.22. The molecule has 2 amide bonds. The first-order valence-corrected chi connectivity index (χ1v) is 8.56. The fourth-order valence-electron chi connectivity index (χ4n) is 2.63. The van der Waals surface area contributed by atoms with E-state index >= 15 is 0 Å². The third kappa shape index (κ3) is 6.35. The number of amides is 2. The Morgan fingerprint density at radius 3 is 2.67 bits per heavy atom. The molecule has 1 saturated carbocycles. The van der Waals surface area contributed by atoms with Crippen molar-refractivity contribution < 1.29 is 18.7 Å². The second kappa shape index (κ2) is 9.47. The number of benzene rings is 1. The van der Waals surface area contributed by atoms with E-state index in [2.05, 4.69) is 10.6 Å². The van der Waals surface area contributed by atoms with E-state index in [1.165, 1.54) is 24.6 Å². The molecule has 1 aromatic carbocycles. The molecule has 1 fully saturated rings. The van der Waals surface area contributed by atoms with Crippen molar-refractivity contribution in [2.75, 3.05) is 13.2 Å². The molecule has 0 aromatic heterocycles. The third-order valence-electron chi connectivity index (χ3n) is 3.91. The van der Waals surface area contributed by atoms with Crippen molar-refractivity contribution in [3.8, 4) is 5.75 Å². The Bertz CT molecular complexity index is 577. The SMILES string of the molecule is O=C(COc1ccc(F)c(Cl)c1)NCCC(=O)NC1CCCCC1. The minimum Gasteiger partial charge on any atom is -0.484 e. The topological polar surface area (TPSA) is 67.4 Å². The van der Waals surface area contributed by atoms with E-state index in [-0.39, 0.29) is 42.5 Å². The second-order valence-electron chi connectivity index (χ2n) is 5.87. The minimum absolute atomic E-state index is 0.0477. The lowest BCUT2D eigenvalue weighted by atomic mass is 9.95. The molecule has 0 atom stereocenters. The Kier molecular flexibility index (Phi) is 7.31. The van der Waals surface area contributed by atoms with Crippen LogP contribution < -0.4 is 15.4 Å². The first-order chi connectivity index (χ1) is 11.5. The van der Waals surface area contributed by atoms with Gasteiger partial charge in [-0.05, 0) is 25.0 Å². The molecule has 132 valence electrons. The molecule has 0 spiro atoms. The van der Waals surface area contributed by atoms with Gasteiger partial charge in [-0.2, -0.15) is 0 Å². The first-order valence-electron chi connectivity index (χ1n) is 8.18. The molecule has 0 unspecified atom stereocenters. The minimum atomic E-state index is -0.544. The van der Waals surface area contributed by atoms with Gasteiger partial charge in [-0.3, -0.25) is 9.59 Å². The van der Waals surface area contributed by atoms with Crippen LogP contribution in [0.1, 0.15) is 38.5 Å². The molecule has 7 heteroatoms. The average molecular weight is 357 g/mol. The van der Waals surface area contributed by atoms with Gasteiger partial charge in [0.2, 0.25) is 5.91 Å². The maximum atomic E-state index is 13.0. The maximum Gasteiger partial charge on any atom is 0.257 e. The van der Waals surface area contributed by atoms with Gasteiger partial charge in [0.25, 0.3) is 5.91 Å². The van der Waals surface area contributed by atoms with Crippen LogP contribution in [0.25, 0.3) is 0 Å². The Morgan fingerprint density at radius 2 is 1.96 bits per heavy atom. The van der Waals surface area contributed by atoms with E-state index in [4.69, 9.17) is 16.3 Å². The summed E-state index contributed by atoms with van der Waals surface area (Å²) in [6, 6.07) is 4.15. The number of rotatable bonds is 7. The van der Waals surface area contributed by atoms with E-state index in [0.29, 0.717) is 5.75 Å². The van der Waals surface area contributed by atoms with Crippen LogP contribution in [0, 0.1) is 5.82 Å².